The minimum absolute atomic E-state index is 0.220. The van der Waals surface area contributed by atoms with Crippen LogP contribution in [-0.2, 0) is 6.54 Å². The van der Waals surface area contributed by atoms with Gasteiger partial charge in [0.25, 0.3) is 0 Å². The lowest BCUT2D eigenvalue weighted by Gasteiger charge is -2.29. The third kappa shape index (κ3) is 6.46. The summed E-state index contributed by atoms with van der Waals surface area (Å²) < 4.78 is 5.75. The van der Waals surface area contributed by atoms with Crippen molar-refractivity contribution in [2.75, 3.05) is 26.3 Å². The van der Waals surface area contributed by atoms with Gasteiger partial charge in [-0.15, -0.1) is 0 Å². The van der Waals surface area contributed by atoms with Crippen LogP contribution in [0.15, 0.2) is 24.3 Å². The van der Waals surface area contributed by atoms with Gasteiger partial charge in [0.2, 0.25) is 0 Å². The molecule has 0 saturated carbocycles. The molecule has 0 fully saturated rings. The molecule has 4 heteroatoms. The van der Waals surface area contributed by atoms with Crippen LogP contribution >= 0.6 is 0 Å². The van der Waals surface area contributed by atoms with Crippen LogP contribution in [0.2, 0.25) is 0 Å². The Morgan fingerprint density at radius 2 is 1.81 bits per heavy atom. The first-order valence-electron chi connectivity index (χ1n) is 8.01. The minimum atomic E-state index is 0.220. The van der Waals surface area contributed by atoms with Gasteiger partial charge in [0.05, 0.1) is 13.2 Å². The van der Waals surface area contributed by atoms with Crippen molar-refractivity contribution in [3.8, 4) is 5.75 Å². The van der Waals surface area contributed by atoms with E-state index in [4.69, 9.17) is 10.5 Å². The molecule has 0 aliphatic carbocycles. The molecule has 0 aliphatic rings. The maximum absolute atomic E-state index is 9.18. The summed E-state index contributed by atoms with van der Waals surface area (Å²) in [6, 6.07) is 8.49. The lowest BCUT2D eigenvalue weighted by atomic mass is 10.1. The maximum Gasteiger partial charge on any atom is 0.119 e. The number of aliphatic hydroxyl groups is 1. The van der Waals surface area contributed by atoms with Gasteiger partial charge in [0.15, 0.2) is 0 Å². The van der Waals surface area contributed by atoms with Gasteiger partial charge in [0.1, 0.15) is 5.75 Å². The number of rotatable bonds is 11. The predicted octanol–water partition coefficient (Wildman–Crippen LogP) is 2.40. The predicted molar refractivity (Wildman–Crippen MR) is 87.5 cm³/mol. The SMILES string of the molecule is CCC(CC)N(CCO)CCCOc1ccc(CN)cc1. The summed E-state index contributed by atoms with van der Waals surface area (Å²) in [4.78, 5) is 2.36. The van der Waals surface area contributed by atoms with Gasteiger partial charge in [-0.2, -0.15) is 0 Å². The number of aliphatic hydroxyl groups excluding tert-OH is 1. The van der Waals surface area contributed by atoms with Crippen LogP contribution in [0.5, 0.6) is 5.75 Å². The van der Waals surface area contributed by atoms with Crippen molar-refractivity contribution in [2.24, 2.45) is 5.73 Å². The van der Waals surface area contributed by atoms with E-state index < -0.39 is 0 Å². The second kappa shape index (κ2) is 10.6. The van der Waals surface area contributed by atoms with Crippen LogP contribution in [0.3, 0.4) is 0 Å². The van der Waals surface area contributed by atoms with E-state index in [-0.39, 0.29) is 6.61 Å². The third-order valence-corrected chi connectivity index (χ3v) is 3.86. The highest BCUT2D eigenvalue weighted by Crippen LogP contribution is 2.13. The molecule has 0 aliphatic heterocycles. The fourth-order valence-electron chi connectivity index (χ4n) is 2.59. The zero-order valence-corrected chi connectivity index (χ0v) is 13.4. The Kier molecular flexibility index (Phi) is 9.06. The lowest BCUT2D eigenvalue weighted by Crippen LogP contribution is -2.37. The quantitative estimate of drug-likeness (QED) is 0.615. The highest BCUT2D eigenvalue weighted by atomic mass is 16.5. The van der Waals surface area contributed by atoms with Gasteiger partial charge in [-0.05, 0) is 37.0 Å². The smallest absolute Gasteiger partial charge is 0.119 e. The van der Waals surface area contributed by atoms with Gasteiger partial charge in [0, 0.05) is 25.7 Å². The van der Waals surface area contributed by atoms with E-state index in [1.807, 2.05) is 24.3 Å². The highest BCUT2D eigenvalue weighted by molar-refractivity contribution is 5.26. The monoisotopic (exact) mass is 294 g/mol. The molecule has 0 heterocycles. The molecular weight excluding hydrogens is 264 g/mol. The van der Waals surface area contributed by atoms with Gasteiger partial charge in [-0.1, -0.05) is 26.0 Å². The molecule has 0 atom stereocenters. The van der Waals surface area contributed by atoms with Crippen LogP contribution in [0.1, 0.15) is 38.7 Å². The van der Waals surface area contributed by atoms with Gasteiger partial charge < -0.3 is 15.6 Å². The Morgan fingerprint density at radius 3 is 2.33 bits per heavy atom. The van der Waals surface area contributed by atoms with E-state index in [0.29, 0.717) is 19.2 Å². The van der Waals surface area contributed by atoms with Crippen molar-refractivity contribution < 1.29 is 9.84 Å². The summed E-state index contributed by atoms with van der Waals surface area (Å²) in [6.45, 7) is 7.60. The summed E-state index contributed by atoms with van der Waals surface area (Å²) in [6.07, 6.45) is 3.21. The number of nitrogens with zero attached hydrogens (tertiary/aromatic N) is 1. The van der Waals surface area contributed by atoms with E-state index in [0.717, 1.165) is 43.7 Å². The number of hydrogen-bond acceptors (Lipinski definition) is 4. The second-order valence-corrected chi connectivity index (χ2v) is 5.28. The van der Waals surface area contributed by atoms with E-state index in [9.17, 15) is 5.11 Å². The molecule has 0 spiro atoms. The standard InChI is InChI=1S/C17H30N2O2/c1-3-16(4-2)19(11-12-20)10-5-13-21-17-8-6-15(14-18)7-9-17/h6-9,16,20H,3-5,10-14,18H2,1-2H3. The van der Waals surface area contributed by atoms with Crippen LogP contribution < -0.4 is 10.5 Å². The molecular formula is C17H30N2O2. The molecule has 0 unspecified atom stereocenters. The van der Waals surface area contributed by atoms with Crippen molar-refractivity contribution in [1.82, 2.24) is 4.90 Å². The third-order valence-electron chi connectivity index (χ3n) is 3.86. The number of benzene rings is 1. The zero-order valence-electron chi connectivity index (χ0n) is 13.4. The largest absolute Gasteiger partial charge is 0.494 e. The van der Waals surface area contributed by atoms with Crippen molar-refractivity contribution in [3.05, 3.63) is 29.8 Å². The van der Waals surface area contributed by atoms with Crippen molar-refractivity contribution >= 4 is 0 Å². The molecule has 1 rings (SSSR count). The average Bonchev–Trinajstić information content (AvgIpc) is 2.53. The summed E-state index contributed by atoms with van der Waals surface area (Å²) in [5.74, 6) is 0.892. The molecule has 0 amide bonds. The number of nitrogens with two attached hydrogens (primary N) is 1. The molecule has 120 valence electrons. The first-order valence-corrected chi connectivity index (χ1v) is 8.01. The summed E-state index contributed by atoms with van der Waals surface area (Å²) in [5, 5.41) is 9.18. The Hall–Kier alpha value is -1.10. The Bertz CT molecular complexity index is 364. The summed E-state index contributed by atoms with van der Waals surface area (Å²) in [5.41, 5.74) is 6.69. The molecule has 4 nitrogen and oxygen atoms in total. The molecule has 0 radical (unpaired) electrons. The van der Waals surface area contributed by atoms with Gasteiger partial charge in [-0.3, -0.25) is 4.90 Å². The number of ether oxygens (including phenoxy) is 1. The van der Waals surface area contributed by atoms with Crippen molar-refractivity contribution in [2.45, 2.75) is 45.7 Å². The van der Waals surface area contributed by atoms with Gasteiger partial charge >= 0.3 is 0 Å². The molecule has 1 aromatic carbocycles. The van der Waals surface area contributed by atoms with Gasteiger partial charge in [-0.25, -0.2) is 0 Å². The Labute approximate surface area is 128 Å². The molecule has 0 saturated heterocycles. The first-order chi connectivity index (χ1) is 10.2. The molecule has 0 aromatic heterocycles. The van der Waals surface area contributed by atoms with E-state index in [1.54, 1.807) is 0 Å². The molecule has 21 heavy (non-hydrogen) atoms. The topological polar surface area (TPSA) is 58.7 Å². The average molecular weight is 294 g/mol. The fraction of sp³-hybridized carbons (Fsp3) is 0.647. The highest BCUT2D eigenvalue weighted by Gasteiger charge is 2.13. The lowest BCUT2D eigenvalue weighted by molar-refractivity contribution is 0.134. The summed E-state index contributed by atoms with van der Waals surface area (Å²) in [7, 11) is 0. The first kappa shape index (κ1) is 18.0. The molecule has 1 aromatic rings. The normalized spacial score (nSPS) is 11.3. The van der Waals surface area contributed by atoms with E-state index in [2.05, 4.69) is 18.7 Å². The molecule has 3 N–H and O–H groups in total. The van der Waals surface area contributed by atoms with Crippen molar-refractivity contribution in [3.63, 3.8) is 0 Å². The van der Waals surface area contributed by atoms with Crippen molar-refractivity contribution in [1.29, 1.82) is 0 Å². The Morgan fingerprint density at radius 1 is 1.14 bits per heavy atom. The molecule has 0 bridgehead atoms. The van der Waals surface area contributed by atoms with E-state index in [1.165, 1.54) is 0 Å². The maximum atomic E-state index is 9.18. The zero-order chi connectivity index (χ0) is 15.5. The summed E-state index contributed by atoms with van der Waals surface area (Å²) >= 11 is 0. The van der Waals surface area contributed by atoms with Crippen LogP contribution in [0.25, 0.3) is 0 Å². The van der Waals surface area contributed by atoms with Crippen LogP contribution in [0.4, 0.5) is 0 Å². The van der Waals surface area contributed by atoms with E-state index >= 15 is 0 Å². The minimum Gasteiger partial charge on any atom is -0.494 e. The fourth-order valence-corrected chi connectivity index (χ4v) is 2.59. The Balaban J connectivity index is 2.32. The van der Waals surface area contributed by atoms with Crippen LogP contribution in [0, 0.1) is 0 Å². The second-order valence-electron chi connectivity index (χ2n) is 5.28. The van der Waals surface area contributed by atoms with Crippen LogP contribution in [-0.4, -0.2) is 42.4 Å². The number of hydrogen-bond donors (Lipinski definition) is 2.